The molecular formula is C6H10NOP. The summed E-state index contributed by atoms with van der Waals surface area (Å²) in [5, 5.41) is 8.29. The summed E-state index contributed by atoms with van der Waals surface area (Å²) in [7, 11) is 0. The number of benzene rings is 1. The summed E-state index contributed by atoms with van der Waals surface area (Å²) in [5.41, 5.74) is 2.74. The van der Waals surface area contributed by atoms with Crippen LogP contribution in [0.15, 0.2) is 30.3 Å². The van der Waals surface area contributed by atoms with Crippen LogP contribution in [0.5, 0.6) is 0 Å². The summed E-state index contributed by atoms with van der Waals surface area (Å²) in [6, 6.07) is 9.14. The van der Waals surface area contributed by atoms with Gasteiger partial charge in [-0.2, -0.15) is 9.90 Å². The second-order valence-electron chi connectivity index (χ2n) is 1.48. The van der Waals surface area contributed by atoms with Crippen LogP contribution in [-0.4, -0.2) is 5.21 Å². The Morgan fingerprint density at radius 1 is 1.11 bits per heavy atom. The third kappa shape index (κ3) is 2.45. The smallest absolute Gasteiger partial charge is 0.0602 e. The minimum absolute atomic E-state index is 0. The lowest BCUT2D eigenvalue weighted by Gasteiger charge is -1.92. The zero-order valence-corrected chi connectivity index (χ0v) is 6.46. The normalized spacial score (nSPS) is 7.67. The van der Waals surface area contributed by atoms with E-state index in [1.54, 1.807) is 12.1 Å². The molecule has 9 heavy (non-hydrogen) atoms. The predicted molar refractivity (Wildman–Crippen MR) is 43.0 cm³/mol. The van der Waals surface area contributed by atoms with Crippen molar-refractivity contribution in [2.75, 3.05) is 5.48 Å². The van der Waals surface area contributed by atoms with Gasteiger partial charge in [-0.05, 0) is 12.1 Å². The molecule has 2 N–H and O–H groups in total. The summed E-state index contributed by atoms with van der Waals surface area (Å²) in [6.07, 6.45) is 0. The van der Waals surface area contributed by atoms with Gasteiger partial charge in [0, 0.05) is 0 Å². The lowest BCUT2D eigenvalue weighted by molar-refractivity contribution is 0.389. The maximum atomic E-state index is 8.29. The number of nitrogens with one attached hydrogen (secondary N) is 1. The van der Waals surface area contributed by atoms with Gasteiger partial charge in [0.2, 0.25) is 0 Å². The summed E-state index contributed by atoms with van der Waals surface area (Å²) in [5.74, 6) is 0. The molecule has 1 rings (SSSR count). The van der Waals surface area contributed by atoms with E-state index in [1.165, 1.54) is 0 Å². The summed E-state index contributed by atoms with van der Waals surface area (Å²) >= 11 is 0. The molecule has 1 aromatic carbocycles. The average molecular weight is 143 g/mol. The molecule has 0 spiro atoms. The minimum Gasteiger partial charge on any atom is -0.291 e. The van der Waals surface area contributed by atoms with Crippen molar-refractivity contribution in [1.29, 1.82) is 0 Å². The number of para-hydroxylation sites is 1. The molecule has 0 fully saturated rings. The van der Waals surface area contributed by atoms with Gasteiger partial charge in [0.05, 0.1) is 5.69 Å². The Morgan fingerprint density at radius 3 is 2.00 bits per heavy atom. The Hall–Kier alpha value is -0.590. The minimum atomic E-state index is 0. The quantitative estimate of drug-likeness (QED) is 0.461. The van der Waals surface area contributed by atoms with E-state index in [0.29, 0.717) is 5.69 Å². The SMILES string of the molecule is ONc1ccccc1.P. The largest absolute Gasteiger partial charge is 0.291 e. The van der Waals surface area contributed by atoms with Crippen LogP contribution < -0.4 is 5.48 Å². The highest BCUT2D eigenvalue weighted by Gasteiger charge is 1.79. The van der Waals surface area contributed by atoms with Crippen LogP contribution in [-0.2, 0) is 0 Å². The molecule has 0 saturated heterocycles. The third-order valence-corrected chi connectivity index (χ3v) is 0.903. The fourth-order valence-corrected chi connectivity index (χ4v) is 0.513. The number of anilines is 1. The van der Waals surface area contributed by atoms with Crippen molar-refractivity contribution in [3.8, 4) is 0 Å². The molecule has 3 heteroatoms. The molecule has 2 nitrogen and oxygen atoms in total. The van der Waals surface area contributed by atoms with E-state index >= 15 is 0 Å². The highest BCUT2D eigenvalue weighted by Crippen LogP contribution is 2.01. The first-order valence-electron chi connectivity index (χ1n) is 2.38. The van der Waals surface area contributed by atoms with Crippen LogP contribution >= 0.6 is 9.90 Å². The first-order valence-corrected chi connectivity index (χ1v) is 2.38. The van der Waals surface area contributed by atoms with Crippen molar-refractivity contribution < 1.29 is 5.21 Å². The molecule has 0 aliphatic carbocycles. The fourth-order valence-electron chi connectivity index (χ4n) is 0.513. The van der Waals surface area contributed by atoms with Gasteiger partial charge in [0.15, 0.2) is 0 Å². The first kappa shape index (κ1) is 8.41. The maximum Gasteiger partial charge on any atom is 0.0602 e. The molecule has 0 amide bonds. The number of rotatable bonds is 1. The molecule has 0 saturated carbocycles. The lowest BCUT2D eigenvalue weighted by atomic mass is 10.3. The maximum absolute atomic E-state index is 8.29. The number of hydrogen-bond donors (Lipinski definition) is 2. The topological polar surface area (TPSA) is 32.3 Å². The lowest BCUT2D eigenvalue weighted by Crippen LogP contribution is -1.85. The van der Waals surface area contributed by atoms with Gasteiger partial charge in [-0.25, -0.2) is 0 Å². The van der Waals surface area contributed by atoms with Gasteiger partial charge in [0.25, 0.3) is 0 Å². The van der Waals surface area contributed by atoms with E-state index in [2.05, 4.69) is 0 Å². The van der Waals surface area contributed by atoms with Crippen LogP contribution in [0.1, 0.15) is 0 Å². The van der Waals surface area contributed by atoms with Crippen LogP contribution in [0, 0.1) is 0 Å². The zero-order chi connectivity index (χ0) is 5.82. The molecule has 0 heterocycles. The van der Waals surface area contributed by atoms with Gasteiger partial charge < -0.3 is 0 Å². The van der Waals surface area contributed by atoms with Crippen molar-refractivity contribution in [3.63, 3.8) is 0 Å². The van der Waals surface area contributed by atoms with E-state index in [1.807, 2.05) is 23.7 Å². The predicted octanol–water partition coefficient (Wildman–Crippen LogP) is 1.55. The molecule has 1 atom stereocenters. The summed E-state index contributed by atoms with van der Waals surface area (Å²) in [6.45, 7) is 0. The second-order valence-corrected chi connectivity index (χ2v) is 1.48. The zero-order valence-electron chi connectivity index (χ0n) is 5.04. The van der Waals surface area contributed by atoms with Gasteiger partial charge >= 0.3 is 0 Å². The molecular weight excluding hydrogens is 133 g/mol. The summed E-state index contributed by atoms with van der Waals surface area (Å²) in [4.78, 5) is 0. The Balaban J connectivity index is 0.000000640. The van der Waals surface area contributed by atoms with Crippen molar-refractivity contribution >= 4 is 15.6 Å². The molecule has 1 unspecified atom stereocenters. The van der Waals surface area contributed by atoms with E-state index in [9.17, 15) is 0 Å². The molecule has 0 aliphatic heterocycles. The van der Waals surface area contributed by atoms with E-state index in [0.717, 1.165) is 0 Å². The van der Waals surface area contributed by atoms with Crippen LogP contribution in [0.3, 0.4) is 0 Å². The van der Waals surface area contributed by atoms with Crippen molar-refractivity contribution in [1.82, 2.24) is 0 Å². The van der Waals surface area contributed by atoms with Crippen molar-refractivity contribution in [2.24, 2.45) is 0 Å². The highest BCUT2D eigenvalue weighted by atomic mass is 31.0. The highest BCUT2D eigenvalue weighted by molar-refractivity contribution is 6.92. The van der Waals surface area contributed by atoms with Crippen LogP contribution in [0.4, 0.5) is 5.69 Å². The number of hydrogen-bond acceptors (Lipinski definition) is 2. The van der Waals surface area contributed by atoms with Gasteiger partial charge in [-0.1, -0.05) is 18.2 Å². The first-order chi connectivity index (χ1) is 3.93. The van der Waals surface area contributed by atoms with Crippen molar-refractivity contribution in [2.45, 2.75) is 0 Å². The third-order valence-electron chi connectivity index (χ3n) is 0.903. The van der Waals surface area contributed by atoms with Gasteiger partial charge in [-0.3, -0.25) is 10.7 Å². The van der Waals surface area contributed by atoms with Gasteiger partial charge in [-0.15, -0.1) is 0 Å². The Labute approximate surface area is 57.5 Å². The Kier molecular flexibility index (Phi) is 4.02. The fraction of sp³-hybridized carbons (Fsp3) is 0. The van der Waals surface area contributed by atoms with E-state index in [4.69, 9.17) is 5.21 Å². The monoisotopic (exact) mass is 143 g/mol. The molecule has 0 bridgehead atoms. The van der Waals surface area contributed by atoms with Gasteiger partial charge in [0.1, 0.15) is 0 Å². The second kappa shape index (κ2) is 4.30. The Morgan fingerprint density at radius 2 is 1.67 bits per heavy atom. The van der Waals surface area contributed by atoms with Crippen LogP contribution in [0.2, 0.25) is 0 Å². The molecule has 0 radical (unpaired) electrons. The van der Waals surface area contributed by atoms with E-state index < -0.39 is 0 Å². The standard InChI is InChI=1S/C6H7NO.H3P/c8-7-6-4-2-1-3-5-6;/h1-5,7-8H;1H3. The molecule has 50 valence electrons. The molecule has 0 aliphatic rings. The Bertz CT molecular complexity index is 154. The van der Waals surface area contributed by atoms with Crippen molar-refractivity contribution in [3.05, 3.63) is 30.3 Å². The van der Waals surface area contributed by atoms with Crippen LogP contribution in [0.25, 0.3) is 0 Å². The molecule has 0 aromatic heterocycles. The van der Waals surface area contributed by atoms with E-state index in [-0.39, 0.29) is 9.90 Å². The molecule has 1 aromatic rings. The summed E-state index contributed by atoms with van der Waals surface area (Å²) < 4.78 is 0. The average Bonchev–Trinajstić information content (AvgIpc) is 1.90.